The van der Waals surface area contributed by atoms with Gasteiger partial charge in [-0.25, -0.2) is 8.42 Å². The smallest absolute Gasteiger partial charge is 0.261 e. The SMILES string of the molecule is O=C([O-])CCc1ccc(S(=O)(=O)Nc2ccccc2)cc1. The Balaban J connectivity index is 2.12. The van der Waals surface area contributed by atoms with Gasteiger partial charge in [0.05, 0.1) is 4.90 Å². The average molecular weight is 304 g/mol. The lowest BCUT2D eigenvalue weighted by atomic mass is 10.1. The fourth-order valence-corrected chi connectivity index (χ4v) is 2.86. The van der Waals surface area contributed by atoms with E-state index in [2.05, 4.69) is 4.72 Å². The quantitative estimate of drug-likeness (QED) is 0.868. The Labute approximate surface area is 123 Å². The summed E-state index contributed by atoms with van der Waals surface area (Å²) in [7, 11) is -3.64. The lowest BCUT2D eigenvalue weighted by Gasteiger charge is -2.09. The summed E-state index contributed by atoms with van der Waals surface area (Å²) >= 11 is 0. The number of carbonyl (C=O) groups is 1. The van der Waals surface area contributed by atoms with E-state index < -0.39 is 16.0 Å². The van der Waals surface area contributed by atoms with Gasteiger partial charge in [0.25, 0.3) is 10.0 Å². The molecular weight excluding hydrogens is 290 g/mol. The van der Waals surface area contributed by atoms with Gasteiger partial charge >= 0.3 is 0 Å². The zero-order valence-corrected chi connectivity index (χ0v) is 12.0. The van der Waals surface area contributed by atoms with Crippen LogP contribution in [0.5, 0.6) is 0 Å². The zero-order valence-electron chi connectivity index (χ0n) is 11.2. The maximum Gasteiger partial charge on any atom is 0.261 e. The lowest BCUT2D eigenvalue weighted by molar-refractivity contribution is -0.305. The number of para-hydroxylation sites is 1. The van der Waals surface area contributed by atoms with Crippen LogP contribution in [-0.2, 0) is 21.2 Å². The first kappa shape index (κ1) is 15.1. The molecule has 0 aliphatic carbocycles. The van der Waals surface area contributed by atoms with Crippen molar-refractivity contribution < 1.29 is 18.3 Å². The molecule has 6 heteroatoms. The Hall–Kier alpha value is -2.34. The van der Waals surface area contributed by atoms with E-state index in [0.29, 0.717) is 12.1 Å². The molecule has 0 spiro atoms. The number of hydrogen-bond acceptors (Lipinski definition) is 4. The number of carbonyl (C=O) groups excluding carboxylic acids is 1. The first-order valence-electron chi connectivity index (χ1n) is 6.34. The number of anilines is 1. The molecule has 2 aromatic rings. The number of sulfonamides is 1. The molecule has 110 valence electrons. The van der Waals surface area contributed by atoms with E-state index in [4.69, 9.17) is 0 Å². The van der Waals surface area contributed by atoms with Gasteiger partial charge in [-0.05, 0) is 42.7 Å². The van der Waals surface area contributed by atoms with Crippen molar-refractivity contribution in [3.8, 4) is 0 Å². The molecule has 1 N–H and O–H groups in total. The van der Waals surface area contributed by atoms with Crippen LogP contribution in [0.1, 0.15) is 12.0 Å². The molecule has 0 heterocycles. The third-order valence-electron chi connectivity index (χ3n) is 2.88. The molecule has 0 bridgehead atoms. The summed E-state index contributed by atoms with van der Waals surface area (Å²) < 4.78 is 26.8. The normalized spacial score (nSPS) is 11.0. The third-order valence-corrected chi connectivity index (χ3v) is 4.27. The lowest BCUT2D eigenvalue weighted by Crippen LogP contribution is -2.22. The second-order valence-electron chi connectivity index (χ2n) is 4.49. The van der Waals surface area contributed by atoms with Crippen LogP contribution in [0.3, 0.4) is 0 Å². The van der Waals surface area contributed by atoms with Gasteiger partial charge in [0, 0.05) is 11.7 Å². The first-order chi connectivity index (χ1) is 9.97. The summed E-state index contributed by atoms with van der Waals surface area (Å²) in [6.07, 6.45) is 0.225. The second-order valence-corrected chi connectivity index (χ2v) is 6.17. The summed E-state index contributed by atoms with van der Waals surface area (Å²) in [5, 5.41) is 10.4. The van der Waals surface area contributed by atoms with Crippen molar-refractivity contribution in [3.63, 3.8) is 0 Å². The molecule has 21 heavy (non-hydrogen) atoms. The molecular formula is C15H14NO4S-. The molecule has 2 rings (SSSR count). The standard InChI is InChI=1S/C15H15NO4S/c17-15(18)11-8-12-6-9-14(10-7-12)21(19,20)16-13-4-2-1-3-5-13/h1-7,9-10,16H,8,11H2,(H,17,18)/p-1. The zero-order chi connectivity index (χ0) is 15.3. The monoisotopic (exact) mass is 304 g/mol. The predicted octanol–water partition coefficient (Wildman–Crippen LogP) is 1.17. The number of rotatable bonds is 6. The molecule has 0 saturated heterocycles. The highest BCUT2D eigenvalue weighted by molar-refractivity contribution is 7.92. The van der Waals surface area contributed by atoms with E-state index in [0.717, 1.165) is 5.56 Å². The van der Waals surface area contributed by atoms with Crippen LogP contribution in [0.2, 0.25) is 0 Å². The number of nitrogens with one attached hydrogen (secondary N) is 1. The Bertz CT molecular complexity index is 709. The largest absolute Gasteiger partial charge is 0.550 e. The number of benzene rings is 2. The number of hydrogen-bond donors (Lipinski definition) is 1. The van der Waals surface area contributed by atoms with Crippen molar-refractivity contribution >= 4 is 21.7 Å². The Kier molecular flexibility index (Phi) is 4.59. The fourth-order valence-electron chi connectivity index (χ4n) is 1.80. The highest BCUT2D eigenvalue weighted by atomic mass is 32.2. The van der Waals surface area contributed by atoms with Crippen LogP contribution < -0.4 is 9.83 Å². The van der Waals surface area contributed by atoms with Crippen LogP contribution in [0.4, 0.5) is 5.69 Å². The van der Waals surface area contributed by atoms with Crippen LogP contribution >= 0.6 is 0 Å². The van der Waals surface area contributed by atoms with Gasteiger partial charge in [-0.1, -0.05) is 30.3 Å². The van der Waals surface area contributed by atoms with Gasteiger partial charge < -0.3 is 9.90 Å². The molecule has 0 saturated carbocycles. The maximum atomic E-state index is 12.2. The average Bonchev–Trinajstić information content (AvgIpc) is 2.46. The minimum absolute atomic E-state index is 0.0889. The topological polar surface area (TPSA) is 86.3 Å². The van der Waals surface area contributed by atoms with E-state index in [1.54, 1.807) is 42.5 Å². The summed E-state index contributed by atoms with van der Waals surface area (Å²) in [6.45, 7) is 0. The first-order valence-corrected chi connectivity index (χ1v) is 7.82. The van der Waals surface area contributed by atoms with Crippen molar-refractivity contribution in [1.29, 1.82) is 0 Å². The molecule has 0 aliphatic heterocycles. The van der Waals surface area contributed by atoms with Crippen molar-refractivity contribution in [3.05, 3.63) is 60.2 Å². The third kappa shape index (κ3) is 4.32. The minimum atomic E-state index is -3.64. The number of carboxylic acids is 1. The number of aliphatic carboxylic acids is 1. The Morgan fingerprint density at radius 1 is 1.00 bits per heavy atom. The van der Waals surface area contributed by atoms with Crippen molar-refractivity contribution in [2.75, 3.05) is 4.72 Å². The minimum Gasteiger partial charge on any atom is -0.550 e. The van der Waals surface area contributed by atoms with Gasteiger partial charge in [-0.3, -0.25) is 4.72 Å². The van der Waals surface area contributed by atoms with Crippen LogP contribution in [-0.4, -0.2) is 14.4 Å². The Morgan fingerprint density at radius 3 is 2.19 bits per heavy atom. The fraction of sp³-hybridized carbons (Fsp3) is 0.133. The van der Waals surface area contributed by atoms with Crippen molar-refractivity contribution in [1.82, 2.24) is 0 Å². The maximum absolute atomic E-state index is 12.2. The van der Waals surface area contributed by atoms with Gasteiger partial charge in [0.15, 0.2) is 0 Å². The summed E-state index contributed by atoms with van der Waals surface area (Å²) in [6, 6.07) is 14.7. The van der Waals surface area contributed by atoms with E-state index in [-0.39, 0.29) is 11.3 Å². The van der Waals surface area contributed by atoms with Crippen LogP contribution in [0.25, 0.3) is 0 Å². The van der Waals surface area contributed by atoms with Crippen LogP contribution in [0, 0.1) is 0 Å². The van der Waals surface area contributed by atoms with E-state index in [9.17, 15) is 18.3 Å². The van der Waals surface area contributed by atoms with Crippen molar-refractivity contribution in [2.24, 2.45) is 0 Å². The summed E-state index contributed by atoms with van der Waals surface area (Å²) in [5.41, 5.74) is 1.23. The van der Waals surface area contributed by atoms with E-state index in [1.807, 2.05) is 0 Å². The number of aryl methyl sites for hydroxylation is 1. The molecule has 0 atom stereocenters. The molecule has 0 unspecified atom stereocenters. The van der Waals surface area contributed by atoms with Crippen molar-refractivity contribution in [2.45, 2.75) is 17.7 Å². The van der Waals surface area contributed by atoms with Crippen LogP contribution in [0.15, 0.2) is 59.5 Å². The van der Waals surface area contributed by atoms with Gasteiger partial charge in [-0.2, -0.15) is 0 Å². The Morgan fingerprint density at radius 2 is 1.62 bits per heavy atom. The van der Waals surface area contributed by atoms with E-state index in [1.165, 1.54) is 12.1 Å². The van der Waals surface area contributed by atoms with Gasteiger partial charge in [0.2, 0.25) is 0 Å². The summed E-state index contributed by atoms with van der Waals surface area (Å²) in [4.78, 5) is 10.5. The molecule has 2 aromatic carbocycles. The summed E-state index contributed by atoms with van der Waals surface area (Å²) in [5.74, 6) is -1.13. The molecule has 0 fully saturated rings. The van der Waals surface area contributed by atoms with E-state index >= 15 is 0 Å². The second kappa shape index (κ2) is 6.41. The van der Waals surface area contributed by atoms with Gasteiger partial charge in [-0.15, -0.1) is 0 Å². The molecule has 5 nitrogen and oxygen atoms in total. The molecule has 0 radical (unpaired) electrons. The molecule has 0 aliphatic rings. The highest BCUT2D eigenvalue weighted by Gasteiger charge is 2.13. The highest BCUT2D eigenvalue weighted by Crippen LogP contribution is 2.16. The molecule has 0 aromatic heterocycles. The predicted molar refractivity (Wildman–Crippen MR) is 77.0 cm³/mol. The van der Waals surface area contributed by atoms with Gasteiger partial charge in [0.1, 0.15) is 0 Å². The number of carboxylic acid groups (broad SMARTS) is 1. The molecule has 0 amide bonds.